The number of sulfone groups is 1. The van der Waals surface area contributed by atoms with Gasteiger partial charge in [0.15, 0.2) is 17.3 Å². The predicted octanol–water partition coefficient (Wildman–Crippen LogP) is 0.892. The SMILES string of the molecule is COc1ccc(-c2n[nH]c(S(C)(=O)=O)n2)cc1OC. The largest absolute Gasteiger partial charge is 0.493 e. The molecule has 0 atom stereocenters. The molecule has 7 nitrogen and oxygen atoms in total. The highest BCUT2D eigenvalue weighted by Gasteiger charge is 2.15. The minimum absolute atomic E-state index is 0.169. The van der Waals surface area contributed by atoms with Crippen molar-refractivity contribution in [2.75, 3.05) is 20.5 Å². The first kappa shape index (κ1) is 13.3. The molecular formula is C11H13N3O4S. The van der Waals surface area contributed by atoms with Crippen molar-refractivity contribution in [1.29, 1.82) is 0 Å². The van der Waals surface area contributed by atoms with Gasteiger partial charge in [0.25, 0.3) is 0 Å². The van der Waals surface area contributed by atoms with Crippen LogP contribution in [0, 0.1) is 0 Å². The van der Waals surface area contributed by atoms with E-state index in [1.54, 1.807) is 18.2 Å². The minimum Gasteiger partial charge on any atom is -0.493 e. The monoisotopic (exact) mass is 283 g/mol. The van der Waals surface area contributed by atoms with Crippen LogP contribution < -0.4 is 9.47 Å². The Morgan fingerprint density at radius 1 is 1.16 bits per heavy atom. The van der Waals surface area contributed by atoms with Gasteiger partial charge in [0.2, 0.25) is 15.0 Å². The summed E-state index contributed by atoms with van der Waals surface area (Å²) in [6.45, 7) is 0. The lowest BCUT2D eigenvalue weighted by atomic mass is 10.2. The smallest absolute Gasteiger partial charge is 0.243 e. The summed E-state index contributed by atoms with van der Waals surface area (Å²) in [6, 6.07) is 5.09. The highest BCUT2D eigenvalue weighted by molar-refractivity contribution is 7.90. The maximum atomic E-state index is 11.3. The Kier molecular flexibility index (Phi) is 3.43. The molecule has 0 amide bonds. The molecule has 0 spiro atoms. The number of H-pyrrole nitrogens is 1. The summed E-state index contributed by atoms with van der Waals surface area (Å²) in [6.07, 6.45) is 1.06. The second-order valence-corrected chi connectivity index (χ2v) is 5.74. The molecule has 8 heteroatoms. The summed E-state index contributed by atoms with van der Waals surface area (Å²) in [5.41, 5.74) is 0.629. The number of hydrogen-bond acceptors (Lipinski definition) is 6. The molecule has 0 bridgehead atoms. The molecule has 2 rings (SSSR count). The minimum atomic E-state index is -3.40. The third-order valence-electron chi connectivity index (χ3n) is 2.46. The van der Waals surface area contributed by atoms with E-state index in [1.807, 2.05) is 0 Å². The number of aromatic nitrogens is 3. The molecule has 0 saturated carbocycles. The lowest BCUT2D eigenvalue weighted by molar-refractivity contribution is 0.355. The molecule has 0 unspecified atom stereocenters. The van der Waals surface area contributed by atoms with Crippen LogP contribution in [0.4, 0.5) is 0 Å². The molecule has 1 heterocycles. The Bertz CT molecular complexity index is 694. The molecule has 102 valence electrons. The molecule has 2 aromatic rings. The van der Waals surface area contributed by atoms with Crippen molar-refractivity contribution in [3.8, 4) is 22.9 Å². The van der Waals surface area contributed by atoms with Crippen LogP contribution in [0.15, 0.2) is 23.4 Å². The van der Waals surface area contributed by atoms with E-state index in [0.29, 0.717) is 17.1 Å². The summed E-state index contributed by atoms with van der Waals surface area (Å²) in [5, 5.41) is 6.09. The summed E-state index contributed by atoms with van der Waals surface area (Å²) >= 11 is 0. The van der Waals surface area contributed by atoms with Crippen LogP contribution in [0.25, 0.3) is 11.4 Å². The number of hydrogen-bond donors (Lipinski definition) is 1. The average Bonchev–Trinajstić information content (AvgIpc) is 2.87. The predicted molar refractivity (Wildman–Crippen MR) is 68.0 cm³/mol. The zero-order chi connectivity index (χ0) is 14.0. The fraction of sp³-hybridized carbons (Fsp3) is 0.273. The van der Waals surface area contributed by atoms with E-state index < -0.39 is 9.84 Å². The number of methoxy groups -OCH3 is 2. The summed E-state index contributed by atoms with van der Waals surface area (Å²) in [5.74, 6) is 1.37. The highest BCUT2D eigenvalue weighted by atomic mass is 32.2. The van der Waals surface area contributed by atoms with Crippen molar-refractivity contribution in [1.82, 2.24) is 15.2 Å². The molecule has 1 aromatic carbocycles. The molecule has 0 aliphatic heterocycles. The standard InChI is InChI=1S/C11H13N3O4S/c1-17-8-5-4-7(6-9(8)18-2)10-12-11(14-13-10)19(3,15)16/h4-6H,1-3H3,(H,12,13,14). The second kappa shape index (κ2) is 4.88. The van der Waals surface area contributed by atoms with Gasteiger partial charge in [-0.05, 0) is 18.2 Å². The lowest BCUT2D eigenvalue weighted by Crippen LogP contribution is -1.99. The molecule has 1 N–H and O–H groups in total. The van der Waals surface area contributed by atoms with Crippen LogP contribution in [0.1, 0.15) is 0 Å². The van der Waals surface area contributed by atoms with Crippen molar-refractivity contribution in [2.24, 2.45) is 0 Å². The Labute approximate surface area is 110 Å². The molecule has 0 fully saturated rings. The molecule has 0 radical (unpaired) electrons. The number of rotatable bonds is 4. The van der Waals surface area contributed by atoms with Crippen molar-refractivity contribution < 1.29 is 17.9 Å². The third kappa shape index (κ3) is 2.68. The van der Waals surface area contributed by atoms with Gasteiger partial charge in [0, 0.05) is 11.8 Å². The van der Waals surface area contributed by atoms with Gasteiger partial charge in [0.1, 0.15) is 0 Å². The summed E-state index contributed by atoms with van der Waals surface area (Å²) in [7, 11) is -0.354. The van der Waals surface area contributed by atoms with Crippen LogP contribution in [-0.4, -0.2) is 44.1 Å². The number of ether oxygens (including phenoxy) is 2. The topological polar surface area (TPSA) is 94.2 Å². The van der Waals surface area contributed by atoms with Crippen LogP contribution >= 0.6 is 0 Å². The zero-order valence-electron chi connectivity index (χ0n) is 10.7. The normalized spacial score (nSPS) is 11.3. The van der Waals surface area contributed by atoms with Gasteiger partial charge >= 0.3 is 0 Å². The first-order valence-corrected chi connectivity index (χ1v) is 7.19. The highest BCUT2D eigenvalue weighted by Crippen LogP contribution is 2.31. The molecular weight excluding hydrogens is 270 g/mol. The van der Waals surface area contributed by atoms with Crippen LogP contribution in [0.2, 0.25) is 0 Å². The number of aromatic amines is 1. The average molecular weight is 283 g/mol. The van der Waals surface area contributed by atoms with Gasteiger partial charge < -0.3 is 9.47 Å². The van der Waals surface area contributed by atoms with E-state index >= 15 is 0 Å². The van der Waals surface area contributed by atoms with Crippen LogP contribution in [0.5, 0.6) is 11.5 Å². The van der Waals surface area contributed by atoms with Gasteiger partial charge in [-0.2, -0.15) is 10.1 Å². The maximum absolute atomic E-state index is 11.3. The van der Waals surface area contributed by atoms with Crippen molar-refractivity contribution in [3.05, 3.63) is 18.2 Å². The Morgan fingerprint density at radius 2 is 1.84 bits per heavy atom. The van der Waals surface area contributed by atoms with Crippen LogP contribution in [0.3, 0.4) is 0 Å². The number of nitrogens with one attached hydrogen (secondary N) is 1. The quantitative estimate of drug-likeness (QED) is 0.895. The first-order valence-electron chi connectivity index (χ1n) is 5.30. The zero-order valence-corrected chi connectivity index (χ0v) is 11.5. The molecule has 0 aliphatic rings. The van der Waals surface area contributed by atoms with E-state index in [0.717, 1.165) is 6.26 Å². The van der Waals surface area contributed by atoms with E-state index in [9.17, 15) is 8.42 Å². The Hall–Kier alpha value is -2.09. The van der Waals surface area contributed by atoms with E-state index in [-0.39, 0.29) is 11.0 Å². The van der Waals surface area contributed by atoms with E-state index in [2.05, 4.69) is 15.2 Å². The molecule has 0 aliphatic carbocycles. The maximum Gasteiger partial charge on any atom is 0.243 e. The number of benzene rings is 1. The lowest BCUT2D eigenvalue weighted by Gasteiger charge is -2.07. The Morgan fingerprint density at radius 3 is 2.37 bits per heavy atom. The third-order valence-corrected chi connectivity index (χ3v) is 3.34. The van der Waals surface area contributed by atoms with Gasteiger partial charge in [-0.15, -0.1) is 0 Å². The van der Waals surface area contributed by atoms with Gasteiger partial charge in [-0.25, -0.2) is 13.5 Å². The summed E-state index contributed by atoms with van der Waals surface area (Å²) < 4.78 is 32.9. The Balaban J connectivity index is 2.45. The molecule has 0 saturated heterocycles. The van der Waals surface area contributed by atoms with Gasteiger partial charge in [-0.1, -0.05) is 0 Å². The van der Waals surface area contributed by atoms with Gasteiger partial charge in [-0.3, -0.25) is 0 Å². The first-order chi connectivity index (χ1) is 8.95. The van der Waals surface area contributed by atoms with E-state index in [1.165, 1.54) is 14.2 Å². The van der Waals surface area contributed by atoms with Crippen molar-refractivity contribution in [3.63, 3.8) is 0 Å². The fourth-order valence-corrected chi connectivity index (χ4v) is 1.98. The van der Waals surface area contributed by atoms with Crippen molar-refractivity contribution >= 4 is 9.84 Å². The molecule has 1 aromatic heterocycles. The fourth-order valence-electron chi connectivity index (χ4n) is 1.52. The van der Waals surface area contributed by atoms with Gasteiger partial charge in [0.05, 0.1) is 14.2 Å². The second-order valence-electron chi connectivity index (χ2n) is 3.81. The van der Waals surface area contributed by atoms with E-state index in [4.69, 9.17) is 9.47 Å². The van der Waals surface area contributed by atoms with Crippen LogP contribution in [-0.2, 0) is 9.84 Å². The summed E-state index contributed by atoms with van der Waals surface area (Å²) in [4.78, 5) is 3.93. The number of nitrogens with zero attached hydrogens (tertiary/aromatic N) is 2. The van der Waals surface area contributed by atoms with Crippen molar-refractivity contribution in [2.45, 2.75) is 5.16 Å². The molecule has 19 heavy (non-hydrogen) atoms.